The summed E-state index contributed by atoms with van der Waals surface area (Å²) in [6.45, 7) is 8.08. The van der Waals surface area contributed by atoms with Gasteiger partial charge in [0.1, 0.15) is 0 Å². The smallest absolute Gasteiger partial charge is 0.248 e. The van der Waals surface area contributed by atoms with E-state index in [1.54, 1.807) is 0 Å². The first-order chi connectivity index (χ1) is 10.1. The number of carbonyl (C=O) groups is 1. The molecule has 120 valence electrons. The minimum Gasteiger partial charge on any atom is -0.381 e. The Morgan fingerprint density at radius 2 is 1.81 bits per heavy atom. The number of nitrogens with one attached hydrogen (secondary N) is 1. The van der Waals surface area contributed by atoms with Crippen LogP contribution in [0.4, 0.5) is 0 Å². The second-order valence-corrected chi connectivity index (χ2v) is 6.18. The van der Waals surface area contributed by atoms with Crippen molar-refractivity contribution in [2.45, 2.75) is 39.2 Å². The first-order valence-electron chi connectivity index (χ1n) is 7.93. The molecule has 5 heteroatoms. The van der Waals surface area contributed by atoms with Crippen molar-refractivity contribution in [3.05, 3.63) is 11.3 Å². The Bertz CT molecular complexity index is 383. The molecule has 2 aliphatic rings. The number of hydrogen-bond donors (Lipinski definition) is 1. The van der Waals surface area contributed by atoms with Crippen LogP contribution in [-0.4, -0.2) is 56.9 Å². The van der Waals surface area contributed by atoms with Gasteiger partial charge in [-0.2, -0.15) is 0 Å². The number of ether oxygens (including phenoxy) is 2. The lowest BCUT2D eigenvalue weighted by atomic mass is 10.1. The predicted molar refractivity (Wildman–Crippen MR) is 81.9 cm³/mol. The third kappa shape index (κ3) is 4.71. The Kier molecular flexibility index (Phi) is 6.06. The molecule has 2 saturated heterocycles. The summed E-state index contributed by atoms with van der Waals surface area (Å²) in [5.74, 6) is 0.630. The molecule has 0 aliphatic carbocycles. The maximum Gasteiger partial charge on any atom is 0.248 e. The molecule has 1 unspecified atom stereocenters. The zero-order valence-corrected chi connectivity index (χ0v) is 13.5. The van der Waals surface area contributed by atoms with Gasteiger partial charge in [0.25, 0.3) is 0 Å². The summed E-state index contributed by atoms with van der Waals surface area (Å²) in [6, 6.07) is 0.252. The van der Waals surface area contributed by atoms with Gasteiger partial charge in [-0.25, -0.2) is 0 Å². The minimum atomic E-state index is 0.0499. The average molecular weight is 296 g/mol. The Balaban J connectivity index is 1.87. The van der Waals surface area contributed by atoms with Crippen molar-refractivity contribution in [2.24, 2.45) is 5.92 Å². The molecule has 1 N–H and O–H groups in total. The summed E-state index contributed by atoms with van der Waals surface area (Å²) in [5, 5.41) is 3.12. The van der Waals surface area contributed by atoms with E-state index in [1.165, 1.54) is 0 Å². The van der Waals surface area contributed by atoms with Crippen LogP contribution < -0.4 is 5.32 Å². The van der Waals surface area contributed by atoms with Gasteiger partial charge < -0.3 is 19.7 Å². The van der Waals surface area contributed by atoms with E-state index in [-0.39, 0.29) is 11.9 Å². The highest BCUT2D eigenvalue weighted by atomic mass is 16.5. The lowest BCUT2D eigenvalue weighted by molar-refractivity contribution is -0.118. The zero-order chi connectivity index (χ0) is 15.2. The normalized spacial score (nSPS) is 24.6. The van der Waals surface area contributed by atoms with Crippen LogP contribution in [0.3, 0.4) is 0 Å². The third-order valence-corrected chi connectivity index (χ3v) is 4.57. The maximum absolute atomic E-state index is 12.3. The Labute approximate surface area is 127 Å². The van der Waals surface area contributed by atoms with Gasteiger partial charge in [0.15, 0.2) is 0 Å². The number of allylic oxidation sites excluding steroid dienone is 1. The van der Waals surface area contributed by atoms with Gasteiger partial charge in [-0.3, -0.25) is 4.79 Å². The Morgan fingerprint density at radius 1 is 1.14 bits per heavy atom. The van der Waals surface area contributed by atoms with Crippen LogP contribution in [0.25, 0.3) is 0 Å². The maximum atomic E-state index is 12.3. The molecule has 1 amide bonds. The second-order valence-electron chi connectivity index (χ2n) is 6.18. The molecule has 5 nitrogen and oxygen atoms in total. The quantitative estimate of drug-likeness (QED) is 0.782. The lowest BCUT2D eigenvalue weighted by Gasteiger charge is -2.26. The van der Waals surface area contributed by atoms with Crippen molar-refractivity contribution in [2.75, 3.05) is 40.0 Å². The molecule has 0 bridgehead atoms. The summed E-state index contributed by atoms with van der Waals surface area (Å²) >= 11 is 0. The van der Waals surface area contributed by atoms with Gasteiger partial charge in [0.05, 0.1) is 6.61 Å². The van der Waals surface area contributed by atoms with Crippen LogP contribution in [-0.2, 0) is 14.3 Å². The van der Waals surface area contributed by atoms with Crippen molar-refractivity contribution in [3.63, 3.8) is 0 Å². The van der Waals surface area contributed by atoms with Crippen molar-refractivity contribution in [3.8, 4) is 0 Å². The highest BCUT2D eigenvalue weighted by Crippen LogP contribution is 2.17. The number of hydrogen-bond acceptors (Lipinski definition) is 4. The summed E-state index contributed by atoms with van der Waals surface area (Å²) in [5.41, 5.74) is 1.86. The highest BCUT2D eigenvalue weighted by molar-refractivity contribution is 5.93. The van der Waals surface area contributed by atoms with Crippen LogP contribution in [0.1, 0.15) is 33.1 Å². The van der Waals surface area contributed by atoms with E-state index in [0.717, 1.165) is 63.5 Å². The third-order valence-electron chi connectivity index (χ3n) is 4.57. The van der Waals surface area contributed by atoms with E-state index >= 15 is 0 Å². The van der Waals surface area contributed by atoms with Crippen LogP contribution in [0.2, 0.25) is 0 Å². The molecular weight excluding hydrogens is 268 g/mol. The molecule has 2 fully saturated rings. The standard InChI is InChI=1S/C16H28N2O3/c1-12(16(19)17-15-5-8-20-9-6-15)13(2)18(3)10-14-4-7-21-11-14/h14-15H,4-11H2,1-3H3,(H,17,19). The van der Waals surface area contributed by atoms with Crippen molar-refractivity contribution < 1.29 is 14.3 Å². The van der Waals surface area contributed by atoms with Crippen molar-refractivity contribution >= 4 is 5.91 Å². The summed E-state index contributed by atoms with van der Waals surface area (Å²) in [4.78, 5) is 14.5. The van der Waals surface area contributed by atoms with Crippen LogP contribution in [0.5, 0.6) is 0 Å². The summed E-state index contributed by atoms with van der Waals surface area (Å²) in [6.07, 6.45) is 2.94. The predicted octanol–water partition coefficient (Wildman–Crippen LogP) is 1.54. The van der Waals surface area contributed by atoms with E-state index < -0.39 is 0 Å². The summed E-state index contributed by atoms with van der Waals surface area (Å²) in [7, 11) is 2.05. The molecular formula is C16H28N2O3. The van der Waals surface area contributed by atoms with Crippen LogP contribution in [0.15, 0.2) is 11.3 Å². The average Bonchev–Trinajstić information content (AvgIpc) is 2.99. The molecule has 2 aliphatic heterocycles. The fourth-order valence-corrected chi connectivity index (χ4v) is 2.84. The first kappa shape index (κ1) is 16.3. The largest absolute Gasteiger partial charge is 0.381 e. The number of carbonyl (C=O) groups excluding carboxylic acids is 1. The lowest BCUT2D eigenvalue weighted by Crippen LogP contribution is -2.40. The second kappa shape index (κ2) is 7.80. The summed E-state index contributed by atoms with van der Waals surface area (Å²) < 4.78 is 10.7. The fourth-order valence-electron chi connectivity index (χ4n) is 2.84. The van der Waals surface area contributed by atoms with Crippen LogP contribution in [0, 0.1) is 5.92 Å². The molecule has 2 rings (SSSR count). The molecule has 0 aromatic heterocycles. The van der Waals surface area contributed by atoms with Gasteiger partial charge in [0.2, 0.25) is 5.91 Å². The Morgan fingerprint density at radius 3 is 2.43 bits per heavy atom. The SMILES string of the molecule is CC(C(=O)NC1CCOCC1)=C(C)N(C)CC1CCOC1. The van der Waals surface area contributed by atoms with E-state index in [2.05, 4.69) is 17.3 Å². The zero-order valence-electron chi connectivity index (χ0n) is 13.5. The van der Waals surface area contributed by atoms with Gasteiger partial charge in [-0.1, -0.05) is 0 Å². The monoisotopic (exact) mass is 296 g/mol. The van der Waals surface area contributed by atoms with Gasteiger partial charge in [0, 0.05) is 56.6 Å². The molecule has 0 radical (unpaired) electrons. The number of nitrogens with zero attached hydrogens (tertiary/aromatic N) is 1. The van der Waals surface area contributed by atoms with Gasteiger partial charge >= 0.3 is 0 Å². The van der Waals surface area contributed by atoms with E-state index in [0.29, 0.717) is 5.92 Å². The van der Waals surface area contributed by atoms with Crippen LogP contribution >= 0.6 is 0 Å². The van der Waals surface area contributed by atoms with E-state index in [4.69, 9.17) is 9.47 Å². The number of amides is 1. The van der Waals surface area contributed by atoms with Crippen molar-refractivity contribution in [1.29, 1.82) is 0 Å². The molecule has 21 heavy (non-hydrogen) atoms. The van der Waals surface area contributed by atoms with Crippen molar-refractivity contribution in [1.82, 2.24) is 10.2 Å². The topological polar surface area (TPSA) is 50.8 Å². The Hall–Kier alpha value is -1.07. The minimum absolute atomic E-state index is 0.0499. The number of rotatable bonds is 5. The molecule has 0 aromatic carbocycles. The van der Waals surface area contributed by atoms with Gasteiger partial charge in [-0.15, -0.1) is 0 Å². The fraction of sp³-hybridized carbons (Fsp3) is 0.812. The molecule has 0 saturated carbocycles. The van der Waals surface area contributed by atoms with Gasteiger partial charge in [-0.05, 0) is 33.1 Å². The van der Waals surface area contributed by atoms with E-state index in [1.807, 2.05) is 13.8 Å². The molecule has 1 atom stereocenters. The highest BCUT2D eigenvalue weighted by Gasteiger charge is 2.21. The first-order valence-corrected chi connectivity index (χ1v) is 7.93. The molecule has 0 spiro atoms. The molecule has 0 aromatic rings. The van der Waals surface area contributed by atoms with E-state index in [9.17, 15) is 4.79 Å². The molecule has 2 heterocycles.